The number of benzene rings is 3. The molecule has 1 saturated carbocycles. The predicted octanol–water partition coefficient (Wildman–Crippen LogP) is 10.2. The fourth-order valence-electron chi connectivity index (χ4n) is 7.86. The van der Waals surface area contributed by atoms with Gasteiger partial charge in [-0.05, 0) is 79.8 Å². The van der Waals surface area contributed by atoms with Crippen molar-refractivity contribution in [3.05, 3.63) is 105 Å². The lowest BCUT2D eigenvalue weighted by atomic mass is 9.95. The summed E-state index contributed by atoms with van der Waals surface area (Å²) in [6, 6.07) is 20.5. The Balaban J connectivity index is 1.06. The Labute approximate surface area is 322 Å². The maximum absolute atomic E-state index is 13.5. The van der Waals surface area contributed by atoms with Crippen molar-refractivity contribution in [2.75, 3.05) is 26.2 Å². The number of rotatable bonds is 14. The van der Waals surface area contributed by atoms with Gasteiger partial charge in [-0.3, -0.25) is 4.98 Å². The topological polar surface area (TPSA) is 79.6 Å². The third-order valence-corrected chi connectivity index (χ3v) is 11.4. The molecule has 10 heteroatoms. The second-order valence-electron chi connectivity index (χ2n) is 14.4. The summed E-state index contributed by atoms with van der Waals surface area (Å²) >= 11 is 14.0. The van der Waals surface area contributed by atoms with E-state index in [1.165, 1.54) is 37.7 Å². The molecule has 2 fully saturated rings. The average Bonchev–Trinajstić information content (AvgIpc) is 3.60. The second kappa shape index (κ2) is 18.0. The number of piperidine rings is 1. The van der Waals surface area contributed by atoms with E-state index in [4.69, 9.17) is 37.4 Å². The fraction of sp³-hybridized carbons (Fsp3) is 0.442. The van der Waals surface area contributed by atoms with Gasteiger partial charge in [-0.1, -0.05) is 72.8 Å². The van der Waals surface area contributed by atoms with E-state index in [9.17, 15) is 9.65 Å². The average molecular weight is 758 g/mol. The molecule has 278 valence electrons. The number of nitrogens with zero attached hydrogens (tertiary/aromatic N) is 3. The summed E-state index contributed by atoms with van der Waals surface area (Å²) in [5, 5.41) is 14.2. The third kappa shape index (κ3) is 9.45. The van der Waals surface area contributed by atoms with Crippen molar-refractivity contribution in [1.29, 1.82) is 5.26 Å². The van der Waals surface area contributed by atoms with Crippen LogP contribution in [0.3, 0.4) is 0 Å². The Morgan fingerprint density at radius 1 is 0.887 bits per heavy atom. The van der Waals surface area contributed by atoms with Crippen LogP contribution in [0.1, 0.15) is 91.7 Å². The van der Waals surface area contributed by atoms with Crippen molar-refractivity contribution < 1.29 is 18.6 Å². The van der Waals surface area contributed by atoms with Crippen molar-refractivity contribution in [2.45, 2.75) is 95.7 Å². The van der Waals surface area contributed by atoms with Gasteiger partial charge >= 0.3 is 0 Å². The summed E-state index contributed by atoms with van der Waals surface area (Å²) in [4.78, 5) is 6.50. The molecule has 1 saturated heterocycles. The zero-order valence-electron chi connectivity index (χ0n) is 30.1. The first-order valence-corrected chi connectivity index (χ1v) is 19.8. The standard InChI is InChI=1S/C43H47Cl2FN4O3/c44-38-22-31(27-49-33-7-2-1-3-8-33)41(52-28-30-21-29(24-47)25-48-26-30)23-42(38)53-39-14-13-35-34(9-4-10-36(35)39)37-11-5-12-40(43(37)45)51-20-6-17-50-18-15-32(46)16-19-50/h4-5,9-12,21-23,25-26,32-33,39,49H,1-3,6-8,13-20,27-28H2/t39-/m0/s1. The number of hydrogen-bond acceptors (Lipinski definition) is 7. The fourth-order valence-corrected chi connectivity index (χ4v) is 8.37. The van der Waals surface area contributed by atoms with Crippen LogP contribution < -0.4 is 19.5 Å². The highest BCUT2D eigenvalue weighted by atomic mass is 35.5. The van der Waals surface area contributed by atoms with Crippen molar-refractivity contribution in [3.63, 3.8) is 0 Å². The molecule has 2 aliphatic carbocycles. The molecule has 0 unspecified atom stereocenters. The van der Waals surface area contributed by atoms with E-state index in [2.05, 4.69) is 39.5 Å². The van der Waals surface area contributed by atoms with Gasteiger partial charge in [0, 0.05) is 67.4 Å². The van der Waals surface area contributed by atoms with Crippen LogP contribution in [0.5, 0.6) is 17.2 Å². The van der Waals surface area contributed by atoms with Crippen molar-refractivity contribution in [1.82, 2.24) is 15.2 Å². The van der Waals surface area contributed by atoms with Crippen LogP contribution in [-0.4, -0.2) is 48.3 Å². The Kier molecular flexibility index (Phi) is 12.7. The first-order valence-electron chi connectivity index (χ1n) is 19.0. The zero-order valence-corrected chi connectivity index (χ0v) is 31.6. The van der Waals surface area contributed by atoms with Crippen molar-refractivity contribution >= 4 is 23.2 Å². The van der Waals surface area contributed by atoms with Gasteiger partial charge in [0.2, 0.25) is 0 Å². The summed E-state index contributed by atoms with van der Waals surface area (Å²) < 4.78 is 32.8. The molecule has 53 heavy (non-hydrogen) atoms. The molecule has 7 rings (SSSR count). The van der Waals surface area contributed by atoms with E-state index in [1.54, 1.807) is 18.5 Å². The molecule has 1 aromatic heterocycles. The Morgan fingerprint density at radius 3 is 2.53 bits per heavy atom. The van der Waals surface area contributed by atoms with Crippen LogP contribution in [-0.2, 0) is 19.6 Å². The molecule has 1 aliphatic heterocycles. The quantitative estimate of drug-likeness (QED) is 0.128. The van der Waals surface area contributed by atoms with E-state index in [1.807, 2.05) is 30.3 Å². The maximum atomic E-state index is 13.5. The smallest absolute Gasteiger partial charge is 0.142 e. The summed E-state index contributed by atoms with van der Waals surface area (Å²) in [6.45, 7) is 3.95. The first-order chi connectivity index (χ1) is 25.9. The first kappa shape index (κ1) is 37.4. The Bertz CT molecular complexity index is 1910. The Morgan fingerprint density at radius 2 is 1.70 bits per heavy atom. The molecular formula is C43H47Cl2FN4O3. The number of nitrogens with one attached hydrogen (secondary N) is 1. The number of alkyl halides is 1. The van der Waals surface area contributed by atoms with Crippen molar-refractivity contribution in [2.24, 2.45) is 0 Å². The summed E-state index contributed by atoms with van der Waals surface area (Å²) in [6.07, 6.45) is 12.3. The highest BCUT2D eigenvalue weighted by molar-refractivity contribution is 6.35. The number of fused-ring (bicyclic) bond motifs is 1. The van der Waals surface area contributed by atoms with Gasteiger partial charge in [0.1, 0.15) is 42.2 Å². The molecule has 0 bridgehead atoms. The monoisotopic (exact) mass is 756 g/mol. The molecular weight excluding hydrogens is 710 g/mol. The number of hydrogen-bond donors (Lipinski definition) is 1. The van der Waals surface area contributed by atoms with Gasteiger partial charge in [0.25, 0.3) is 0 Å². The summed E-state index contributed by atoms with van der Waals surface area (Å²) in [5.74, 6) is 1.93. The van der Waals surface area contributed by atoms with Crippen LogP contribution in [0, 0.1) is 11.3 Å². The number of halogens is 3. The number of nitriles is 1. The minimum absolute atomic E-state index is 0.196. The lowest BCUT2D eigenvalue weighted by molar-refractivity contribution is 0.143. The predicted molar refractivity (Wildman–Crippen MR) is 208 cm³/mol. The molecule has 2 heterocycles. The molecule has 0 radical (unpaired) electrons. The van der Waals surface area contributed by atoms with E-state index >= 15 is 0 Å². The number of ether oxygens (including phenoxy) is 3. The van der Waals surface area contributed by atoms with Gasteiger partial charge < -0.3 is 24.4 Å². The summed E-state index contributed by atoms with van der Waals surface area (Å²) in [7, 11) is 0. The lowest BCUT2D eigenvalue weighted by Gasteiger charge is -2.28. The highest BCUT2D eigenvalue weighted by Gasteiger charge is 2.29. The van der Waals surface area contributed by atoms with Crippen LogP contribution in [0.2, 0.25) is 10.0 Å². The number of pyridine rings is 1. The zero-order chi connectivity index (χ0) is 36.6. The number of aromatic nitrogens is 1. The van der Waals surface area contributed by atoms with Gasteiger partial charge in [-0.2, -0.15) is 5.26 Å². The minimum atomic E-state index is -0.662. The molecule has 0 spiro atoms. The molecule has 1 N–H and O–H groups in total. The van der Waals surface area contributed by atoms with Crippen LogP contribution in [0.25, 0.3) is 11.1 Å². The molecule has 7 nitrogen and oxygen atoms in total. The number of likely N-dealkylation sites (tertiary alicyclic amines) is 1. The van der Waals surface area contributed by atoms with Crippen LogP contribution in [0.15, 0.2) is 67.0 Å². The minimum Gasteiger partial charge on any atom is -0.492 e. The summed E-state index contributed by atoms with van der Waals surface area (Å²) in [5.41, 5.74) is 6.60. The van der Waals surface area contributed by atoms with E-state index < -0.39 is 6.17 Å². The van der Waals surface area contributed by atoms with E-state index in [0.717, 1.165) is 66.7 Å². The molecule has 4 aromatic rings. The third-order valence-electron chi connectivity index (χ3n) is 10.8. The van der Waals surface area contributed by atoms with Gasteiger partial charge in [-0.25, -0.2) is 4.39 Å². The normalized spacial score (nSPS) is 18.0. The van der Waals surface area contributed by atoms with Gasteiger partial charge in [-0.15, -0.1) is 0 Å². The van der Waals surface area contributed by atoms with Gasteiger partial charge in [0.15, 0.2) is 0 Å². The van der Waals surface area contributed by atoms with Gasteiger partial charge in [0.05, 0.1) is 22.2 Å². The molecule has 3 aromatic carbocycles. The van der Waals surface area contributed by atoms with E-state index in [-0.39, 0.29) is 12.7 Å². The molecule has 0 amide bonds. The second-order valence-corrected chi connectivity index (χ2v) is 15.2. The SMILES string of the molecule is N#Cc1cncc(COc2cc(O[C@H]3CCc4c(-c5cccc(OCCCN6CCC(F)CC6)c5Cl)cccc43)c(Cl)cc2CNC2CCCCC2)c1. The molecule has 1 atom stereocenters. The van der Waals surface area contributed by atoms with E-state index in [0.29, 0.717) is 64.9 Å². The molecule has 3 aliphatic rings. The van der Waals surface area contributed by atoms with Crippen LogP contribution >= 0.6 is 23.2 Å². The maximum Gasteiger partial charge on any atom is 0.142 e. The lowest BCUT2D eigenvalue weighted by Crippen LogP contribution is -2.35. The largest absolute Gasteiger partial charge is 0.492 e. The van der Waals surface area contributed by atoms with Crippen molar-refractivity contribution in [3.8, 4) is 34.4 Å². The van der Waals surface area contributed by atoms with Crippen LogP contribution in [0.4, 0.5) is 4.39 Å². The highest BCUT2D eigenvalue weighted by Crippen LogP contribution is 2.45. The Hall–Kier alpha value is -3.87.